The molecule has 2 aromatic rings. The molecule has 0 amide bonds. The van der Waals surface area contributed by atoms with Gasteiger partial charge in [0.15, 0.2) is 5.78 Å². The molecule has 2 fully saturated rings. The van der Waals surface area contributed by atoms with Gasteiger partial charge in [-0.05, 0) is 91.7 Å². The fourth-order valence-electron chi connectivity index (χ4n) is 8.19. The molecule has 6 rings (SSSR count). The minimum atomic E-state index is -5.86. The van der Waals surface area contributed by atoms with E-state index < -0.39 is 41.4 Å². The van der Waals surface area contributed by atoms with E-state index in [1.807, 2.05) is 48.7 Å². The summed E-state index contributed by atoms with van der Waals surface area (Å²) in [6.45, 7) is 3.38. The first-order chi connectivity index (χ1) is 19.2. The molecule has 4 aliphatic rings. The molecule has 0 spiro atoms. The number of halogens is 5. The first kappa shape index (κ1) is 28.5. The van der Waals surface area contributed by atoms with E-state index in [9.17, 15) is 23.1 Å². The number of thiazole rings is 1. The molecule has 9 heteroatoms. The maximum Gasteiger partial charge on any atom is 0.456 e. The first-order valence-corrected chi connectivity index (χ1v) is 15.0. The van der Waals surface area contributed by atoms with E-state index in [1.54, 1.807) is 17.4 Å². The van der Waals surface area contributed by atoms with Crippen LogP contribution in [0.1, 0.15) is 79.6 Å². The van der Waals surface area contributed by atoms with Crippen molar-refractivity contribution < 1.29 is 31.9 Å². The van der Waals surface area contributed by atoms with Crippen LogP contribution in [0.15, 0.2) is 52.4 Å². The number of hydrogen-bond acceptors (Lipinski definition) is 4. The number of hydrogen-bond donors (Lipinski definition) is 1. The Kier molecular flexibility index (Phi) is 6.73. The molecule has 2 saturated carbocycles. The van der Waals surface area contributed by atoms with Crippen LogP contribution in [0.25, 0.3) is 12.2 Å². The topological polar surface area (TPSA) is 50.2 Å². The Balaban J connectivity index is 1.44. The second-order valence-corrected chi connectivity index (χ2v) is 13.3. The molecule has 5 atom stereocenters. The Labute approximate surface area is 239 Å². The quantitative estimate of drug-likeness (QED) is 0.364. The van der Waals surface area contributed by atoms with Crippen LogP contribution in [-0.2, 0) is 4.79 Å². The third kappa shape index (κ3) is 4.37. The number of aromatic nitrogens is 1. The fourth-order valence-corrected chi connectivity index (χ4v) is 8.77. The average Bonchev–Trinajstić information content (AvgIpc) is 3.46. The molecule has 1 aromatic heterocycles. The van der Waals surface area contributed by atoms with Gasteiger partial charge in [0.25, 0.3) is 0 Å². The van der Waals surface area contributed by atoms with Gasteiger partial charge >= 0.3 is 12.1 Å². The van der Waals surface area contributed by atoms with E-state index in [2.05, 4.69) is 4.98 Å². The van der Waals surface area contributed by atoms with Gasteiger partial charge in [-0.2, -0.15) is 22.0 Å². The van der Waals surface area contributed by atoms with Crippen LogP contribution in [0, 0.1) is 24.2 Å². The number of aryl methyl sites for hydroxylation is 1. The maximum atomic E-state index is 15.1. The van der Waals surface area contributed by atoms with E-state index in [1.165, 1.54) is 6.92 Å². The summed E-state index contributed by atoms with van der Waals surface area (Å²) in [4.78, 5) is 16.6. The minimum Gasteiger partial charge on any atom is -0.383 e. The highest BCUT2D eigenvalue weighted by molar-refractivity contribution is 7.09. The van der Waals surface area contributed by atoms with Gasteiger partial charge in [0.2, 0.25) is 0 Å². The van der Waals surface area contributed by atoms with Crippen molar-refractivity contribution >= 4 is 29.3 Å². The number of benzene rings is 1. The summed E-state index contributed by atoms with van der Waals surface area (Å²) < 4.78 is 71.5. The molecule has 4 aliphatic carbocycles. The predicted octanol–water partition coefficient (Wildman–Crippen LogP) is 8.45. The zero-order valence-electron chi connectivity index (χ0n) is 22.9. The van der Waals surface area contributed by atoms with Crippen molar-refractivity contribution in [3.05, 3.63) is 74.3 Å². The van der Waals surface area contributed by atoms with Crippen molar-refractivity contribution in [3.63, 3.8) is 0 Å². The van der Waals surface area contributed by atoms with Gasteiger partial charge in [-0.15, -0.1) is 11.3 Å². The number of rotatable bonds is 4. The Morgan fingerprint density at radius 2 is 1.78 bits per heavy atom. The van der Waals surface area contributed by atoms with Crippen molar-refractivity contribution in [2.45, 2.75) is 82.4 Å². The van der Waals surface area contributed by atoms with Crippen molar-refractivity contribution in [1.82, 2.24) is 4.98 Å². The smallest absolute Gasteiger partial charge is 0.383 e. The number of fused-ring (bicyclic) bond motifs is 4. The van der Waals surface area contributed by atoms with Crippen molar-refractivity contribution in [2.24, 2.45) is 17.3 Å². The van der Waals surface area contributed by atoms with Gasteiger partial charge in [0, 0.05) is 23.1 Å². The van der Waals surface area contributed by atoms with Gasteiger partial charge in [-0.3, -0.25) is 4.79 Å². The Morgan fingerprint density at radius 3 is 2.44 bits per heavy atom. The van der Waals surface area contributed by atoms with Crippen LogP contribution in [0.5, 0.6) is 0 Å². The summed E-state index contributed by atoms with van der Waals surface area (Å²) in [6.07, 6.45) is 1.19. The molecule has 218 valence electrons. The molecule has 0 aliphatic heterocycles. The number of aliphatic hydroxyl groups is 1. The molecule has 1 heterocycles. The number of alkyl halides is 5. The van der Waals surface area contributed by atoms with E-state index in [4.69, 9.17) is 0 Å². The highest BCUT2D eigenvalue weighted by atomic mass is 32.1. The number of carbonyl (C=O) groups is 1. The summed E-state index contributed by atoms with van der Waals surface area (Å²) in [5.74, 6) is -6.36. The third-order valence-corrected chi connectivity index (χ3v) is 11.0. The van der Waals surface area contributed by atoms with Crippen LogP contribution in [0.4, 0.5) is 22.0 Å². The molecule has 0 saturated heterocycles. The lowest BCUT2D eigenvalue weighted by Crippen LogP contribution is -2.65. The predicted molar refractivity (Wildman–Crippen MR) is 148 cm³/mol. The number of ketones is 1. The van der Waals surface area contributed by atoms with Gasteiger partial charge in [0.1, 0.15) is 5.60 Å². The standard InChI is InChI=1S/C32H32F5NO2S/c1-18-38-22(17-41-18)9-5-19-3-6-20(7-4-19)26-16-29(2)27(13-14-30(29,40)31(33,34)32(35,36)37)25-11-8-21-15-23(39)10-12-24(21)28(25)26/h3-7,9,15,17,25-27,40H,8,10-14,16H2,1-2H3/t25-,26+,27-,29-,30-/m0/s1. The van der Waals surface area contributed by atoms with Crippen LogP contribution >= 0.6 is 11.3 Å². The number of nitrogens with zero attached hydrogens (tertiary/aromatic N) is 1. The fraction of sp³-hybridized carbons (Fsp3) is 0.500. The normalized spacial score (nSPS) is 32.1. The second kappa shape index (κ2) is 9.69. The molecule has 3 nitrogen and oxygen atoms in total. The molecule has 1 N–H and O–H groups in total. The zero-order valence-corrected chi connectivity index (χ0v) is 23.7. The largest absolute Gasteiger partial charge is 0.456 e. The van der Waals surface area contributed by atoms with E-state index in [0.29, 0.717) is 25.7 Å². The SMILES string of the molecule is Cc1nc(C=Cc2ccc([C@H]3C[C@@]4(C)[C@@H](CC[C@@]4(O)C(F)(F)C(F)(F)F)[C@@H]4CCC5=CC(=O)CCC5=C43)cc2)cs1. The summed E-state index contributed by atoms with van der Waals surface area (Å²) >= 11 is 1.55. The van der Waals surface area contributed by atoms with Crippen molar-refractivity contribution in [1.29, 1.82) is 0 Å². The summed E-state index contributed by atoms with van der Waals surface area (Å²) in [6, 6.07) is 7.64. The van der Waals surface area contributed by atoms with Gasteiger partial charge < -0.3 is 5.11 Å². The molecular formula is C32H32F5NO2S. The zero-order chi connectivity index (χ0) is 29.4. The summed E-state index contributed by atoms with van der Waals surface area (Å²) in [5, 5.41) is 14.3. The van der Waals surface area contributed by atoms with Gasteiger partial charge in [-0.25, -0.2) is 4.98 Å². The summed E-state index contributed by atoms with van der Waals surface area (Å²) in [5.41, 5.74) is 0.809. The summed E-state index contributed by atoms with van der Waals surface area (Å²) in [7, 11) is 0. The lowest BCUT2D eigenvalue weighted by Gasteiger charge is -2.56. The van der Waals surface area contributed by atoms with Gasteiger partial charge in [0.05, 0.1) is 10.7 Å². The number of allylic oxidation sites excluding steroid dienone is 4. The first-order valence-electron chi connectivity index (χ1n) is 14.1. The monoisotopic (exact) mass is 589 g/mol. The van der Waals surface area contributed by atoms with Gasteiger partial charge in [-0.1, -0.05) is 42.8 Å². The molecule has 0 unspecified atom stereocenters. The molecule has 41 heavy (non-hydrogen) atoms. The van der Waals surface area contributed by atoms with E-state index in [0.717, 1.165) is 38.5 Å². The molecule has 1 aromatic carbocycles. The Bertz CT molecular complexity index is 1470. The van der Waals surface area contributed by atoms with Crippen LogP contribution in [0.3, 0.4) is 0 Å². The second-order valence-electron chi connectivity index (χ2n) is 12.3. The van der Waals surface area contributed by atoms with Crippen LogP contribution in [0.2, 0.25) is 0 Å². The highest BCUT2D eigenvalue weighted by Crippen LogP contribution is 2.70. The Hall–Kier alpha value is -2.65. The maximum absolute atomic E-state index is 15.1. The minimum absolute atomic E-state index is 0.0241. The lowest BCUT2D eigenvalue weighted by atomic mass is 9.50. The third-order valence-electron chi connectivity index (χ3n) is 10.2. The van der Waals surface area contributed by atoms with Crippen LogP contribution < -0.4 is 0 Å². The van der Waals surface area contributed by atoms with E-state index >= 15 is 8.78 Å². The lowest BCUT2D eigenvalue weighted by molar-refractivity contribution is -0.362. The van der Waals surface area contributed by atoms with E-state index in [-0.39, 0.29) is 24.5 Å². The highest BCUT2D eigenvalue weighted by Gasteiger charge is 2.79. The molecule has 0 bridgehead atoms. The molecule has 0 radical (unpaired) electrons. The Morgan fingerprint density at radius 1 is 1.05 bits per heavy atom. The van der Waals surface area contributed by atoms with Crippen molar-refractivity contribution in [3.8, 4) is 0 Å². The number of carbonyl (C=O) groups excluding carboxylic acids is 1. The average molecular weight is 590 g/mol. The van der Waals surface area contributed by atoms with Crippen LogP contribution in [-0.4, -0.2) is 33.6 Å². The molecular weight excluding hydrogens is 557 g/mol. The van der Waals surface area contributed by atoms with Crippen molar-refractivity contribution in [2.75, 3.05) is 0 Å².